The monoisotopic (exact) mass is 397 g/mol. The summed E-state index contributed by atoms with van der Waals surface area (Å²) in [6.07, 6.45) is 9.25. The lowest BCUT2D eigenvalue weighted by atomic mass is 9.74. The van der Waals surface area contributed by atoms with Gasteiger partial charge in [0.15, 0.2) is 0 Å². The Balaban J connectivity index is 1.38. The molecule has 0 N–H and O–H groups in total. The molecule has 0 saturated heterocycles. The van der Waals surface area contributed by atoms with Gasteiger partial charge in [-0.15, -0.1) is 6.42 Å². The fourth-order valence-electron chi connectivity index (χ4n) is 5.40. The lowest BCUT2D eigenvalue weighted by molar-refractivity contribution is 0.423. The van der Waals surface area contributed by atoms with Crippen molar-refractivity contribution < 1.29 is 0 Å². The number of benzene rings is 4. The van der Waals surface area contributed by atoms with Crippen LogP contribution in [0.15, 0.2) is 84.9 Å². The summed E-state index contributed by atoms with van der Waals surface area (Å²) >= 11 is 0. The van der Waals surface area contributed by atoms with Gasteiger partial charge in [-0.3, -0.25) is 4.98 Å². The van der Waals surface area contributed by atoms with Crippen molar-refractivity contribution in [2.45, 2.75) is 25.2 Å². The SMILES string of the molecule is C#CC(c1ccc2ccccc2n1)C1CCc2c(ccc3c2ccc2ccccc23)C1. The molecule has 1 aromatic heterocycles. The number of hydrogen-bond acceptors (Lipinski definition) is 1. The van der Waals surface area contributed by atoms with E-state index >= 15 is 0 Å². The molecule has 0 bridgehead atoms. The molecule has 0 saturated carbocycles. The quantitative estimate of drug-likeness (QED) is 0.229. The predicted molar refractivity (Wildman–Crippen MR) is 130 cm³/mol. The molecular formula is C30H23N. The van der Waals surface area contributed by atoms with Crippen LogP contribution in [0.2, 0.25) is 0 Å². The van der Waals surface area contributed by atoms with Crippen molar-refractivity contribution in [1.29, 1.82) is 0 Å². The van der Waals surface area contributed by atoms with Crippen molar-refractivity contribution in [2.24, 2.45) is 5.92 Å². The maximum absolute atomic E-state index is 6.06. The highest BCUT2D eigenvalue weighted by atomic mass is 14.7. The first-order chi connectivity index (χ1) is 15.3. The molecule has 0 aliphatic heterocycles. The fourth-order valence-corrected chi connectivity index (χ4v) is 5.40. The van der Waals surface area contributed by atoms with Gasteiger partial charge in [-0.25, -0.2) is 0 Å². The van der Waals surface area contributed by atoms with E-state index in [0.717, 1.165) is 35.9 Å². The van der Waals surface area contributed by atoms with Gasteiger partial charge in [-0.2, -0.15) is 0 Å². The fraction of sp³-hybridized carbons (Fsp3) is 0.167. The molecule has 1 heterocycles. The Morgan fingerprint density at radius 3 is 2.45 bits per heavy atom. The van der Waals surface area contributed by atoms with E-state index in [1.54, 1.807) is 0 Å². The number of terminal acetylenes is 1. The average molecular weight is 398 g/mol. The number of pyridine rings is 1. The molecule has 1 nitrogen and oxygen atoms in total. The molecule has 2 atom stereocenters. The van der Waals surface area contributed by atoms with Crippen LogP contribution < -0.4 is 0 Å². The van der Waals surface area contributed by atoms with Crippen molar-refractivity contribution in [3.8, 4) is 12.3 Å². The molecule has 148 valence electrons. The molecule has 0 fully saturated rings. The Hall–Kier alpha value is -3.63. The maximum atomic E-state index is 6.06. The zero-order chi connectivity index (χ0) is 20.8. The van der Waals surface area contributed by atoms with Crippen LogP contribution in [0.3, 0.4) is 0 Å². The van der Waals surface area contributed by atoms with Gasteiger partial charge in [0.25, 0.3) is 0 Å². The number of para-hydroxylation sites is 1. The van der Waals surface area contributed by atoms with Crippen LogP contribution >= 0.6 is 0 Å². The Kier molecular flexibility index (Phi) is 4.25. The maximum Gasteiger partial charge on any atom is 0.0705 e. The Morgan fingerprint density at radius 2 is 1.55 bits per heavy atom. The topological polar surface area (TPSA) is 12.9 Å². The van der Waals surface area contributed by atoms with Crippen LogP contribution in [-0.4, -0.2) is 4.98 Å². The molecule has 6 rings (SSSR count). The first kappa shape index (κ1) is 18.2. The summed E-state index contributed by atoms with van der Waals surface area (Å²) in [7, 11) is 0. The lowest BCUT2D eigenvalue weighted by Gasteiger charge is -2.29. The van der Waals surface area contributed by atoms with Crippen LogP contribution in [0, 0.1) is 18.3 Å². The van der Waals surface area contributed by atoms with Gasteiger partial charge in [-0.1, -0.05) is 78.7 Å². The summed E-state index contributed by atoms with van der Waals surface area (Å²) in [6, 6.07) is 30.4. The first-order valence-corrected chi connectivity index (χ1v) is 11.1. The highest BCUT2D eigenvalue weighted by molar-refractivity contribution is 6.08. The van der Waals surface area contributed by atoms with Crippen LogP contribution in [0.5, 0.6) is 0 Å². The van der Waals surface area contributed by atoms with E-state index in [-0.39, 0.29) is 5.92 Å². The van der Waals surface area contributed by atoms with Crippen molar-refractivity contribution in [2.75, 3.05) is 0 Å². The molecule has 1 aliphatic rings. The van der Waals surface area contributed by atoms with Gasteiger partial charge in [0.05, 0.1) is 17.1 Å². The zero-order valence-electron chi connectivity index (χ0n) is 17.4. The van der Waals surface area contributed by atoms with Crippen molar-refractivity contribution in [1.82, 2.24) is 4.98 Å². The van der Waals surface area contributed by atoms with E-state index in [1.807, 2.05) is 12.1 Å². The minimum atomic E-state index is 0.0463. The zero-order valence-corrected chi connectivity index (χ0v) is 17.4. The summed E-state index contributed by atoms with van der Waals surface area (Å²) in [5, 5.41) is 6.57. The average Bonchev–Trinajstić information content (AvgIpc) is 2.84. The standard InChI is InChI=1S/C30H23N/c1-2-24(30-18-14-21-8-4-6-10-29(21)31-30)22-12-15-26-23(19-22)13-17-27-25-9-5-3-7-20(25)11-16-28(26)27/h1,3-11,13-14,16-18,22,24H,12,15,19H2. The van der Waals surface area contributed by atoms with Crippen LogP contribution in [0.4, 0.5) is 0 Å². The Morgan fingerprint density at radius 1 is 0.774 bits per heavy atom. The summed E-state index contributed by atoms with van der Waals surface area (Å²) in [4.78, 5) is 4.92. The van der Waals surface area contributed by atoms with E-state index in [0.29, 0.717) is 5.92 Å². The predicted octanol–water partition coefficient (Wildman–Crippen LogP) is 7.06. The summed E-state index contributed by atoms with van der Waals surface area (Å²) in [5.74, 6) is 3.55. The summed E-state index contributed by atoms with van der Waals surface area (Å²) in [5.41, 5.74) is 5.00. The van der Waals surface area contributed by atoms with Gasteiger partial charge in [-0.05, 0) is 70.0 Å². The van der Waals surface area contributed by atoms with E-state index in [9.17, 15) is 0 Å². The Bertz CT molecular complexity index is 1490. The minimum Gasteiger partial charge on any atom is -0.252 e. The van der Waals surface area contributed by atoms with Crippen LogP contribution in [-0.2, 0) is 12.8 Å². The smallest absolute Gasteiger partial charge is 0.0705 e. The number of aromatic nitrogens is 1. The number of rotatable bonds is 2. The molecule has 0 amide bonds. The third-order valence-electron chi connectivity index (χ3n) is 6.97. The highest BCUT2D eigenvalue weighted by Gasteiger charge is 2.28. The number of fused-ring (bicyclic) bond motifs is 6. The second kappa shape index (κ2) is 7.25. The molecule has 1 heteroatoms. The van der Waals surface area contributed by atoms with Crippen LogP contribution in [0.25, 0.3) is 32.4 Å². The van der Waals surface area contributed by atoms with E-state index in [1.165, 1.54) is 32.7 Å². The van der Waals surface area contributed by atoms with E-state index < -0.39 is 0 Å². The lowest BCUT2D eigenvalue weighted by Crippen LogP contribution is -2.21. The molecule has 31 heavy (non-hydrogen) atoms. The molecule has 4 aromatic carbocycles. The van der Waals surface area contributed by atoms with Crippen LogP contribution in [0.1, 0.15) is 29.2 Å². The normalized spacial score (nSPS) is 16.8. The third kappa shape index (κ3) is 2.99. The largest absolute Gasteiger partial charge is 0.252 e. The summed E-state index contributed by atoms with van der Waals surface area (Å²) in [6.45, 7) is 0. The van der Waals surface area contributed by atoms with E-state index in [4.69, 9.17) is 11.4 Å². The van der Waals surface area contributed by atoms with Crippen molar-refractivity contribution >= 4 is 32.4 Å². The highest BCUT2D eigenvalue weighted by Crippen LogP contribution is 2.39. The molecule has 0 spiro atoms. The van der Waals surface area contributed by atoms with Crippen molar-refractivity contribution in [3.05, 3.63) is 102 Å². The van der Waals surface area contributed by atoms with Gasteiger partial charge in [0.1, 0.15) is 0 Å². The van der Waals surface area contributed by atoms with Gasteiger partial charge in [0, 0.05) is 5.39 Å². The van der Waals surface area contributed by atoms with Gasteiger partial charge >= 0.3 is 0 Å². The number of nitrogens with zero attached hydrogens (tertiary/aromatic N) is 1. The molecule has 5 aromatic rings. The number of aryl methyl sites for hydroxylation is 1. The molecule has 2 unspecified atom stereocenters. The number of hydrogen-bond donors (Lipinski definition) is 0. The first-order valence-electron chi connectivity index (χ1n) is 11.1. The second-order valence-electron chi connectivity index (χ2n) is 8.66. The summed E-state index contributed by atoms with van der Waals surface area (Å²) < 4.78 is 0. The van der Waals surface area contributed by atoms with Crippen molar-refractivity contribution in [3.63, 3.8) is 0 Å². The molecular weight excluding hydrogens is 374 g/mol. The third-order valence-corrected chi connectivity index (χ3v) is 6.97. The minimum absolute atomic E-state index is 0.0463. The molecule has 1 aliphatic carbocycles. The van der Waals surface area contributed by atoms with Gasteiger partial charge in [0.2, 0.25) is 0 Å². The second-order valence-corrected chi connectivity index (χ2v) is 8.66. The van der Waals surface area contributed by atoms with E-state index in [2.05, 4.69) is 78.7 Å². The Labute approximate surface area is 182 Å². The van der Waals surface area contributed by atoms with Gasteiger partial charge < -0.3 is 0 Å². The molecule has 0 radical (unpaired) electrons.